The number of anilines is 1. The fraction of sp³-hybridized carbons (Fsp3) is 0.500. The molecule has 2 aromatic rings. The van der Waals surface area contributed by atoms with Crippen LogP contribution in [0.25, 0.3) is 0 Å². The molecule has 0 radical (unpaired) electrons. The molecule has 2 heterocycles. The molecule has 2 fully saturated rings. The van der Waals surface area contributed by atoms with Gasteiger partial charge >= 0.3 is 6.09 Å². The summed E-state index contributed by atoms with van der Waals surface area (Å²) in [4.78, 5) is 15.3. The van der Waals surface area contributed by atoms with Gasteiger partial charge in [0.2, 0.25) is 0 Å². The monoisotopic (exact) mass is 422 g/mol. The molecule has 2 atom stereocenters. The molecule has 0 aliphatic carbocycles. The lowest BCUT2D eigenvalue weighted by Gasteiger charge is -2.48. The first-order valence-corrected chi connectivity index (χ1v) is 11.5. The largest absolute Gasteiger partial charge is 0.495 e. The van der Waals surface area contributed by atoms with E-state index in [9.17, 15) is 4.79 Å². The average molecular weight is 423 g/mol. The van der Waals surface area contributed by atoms with E-state index in [0.29, 0.717) is 23.5 Å². The molecule has 2 aliphatic heterocycles. The molecule has 2 saturated heterocycles. The van der Waals surface area contributed by atoms with Crippen LogP contribution in [-0.4, -0.2) is 42.8 Å². The number of amides is 1. The Bertz CT molecular complexity index is 856. The molecule has 2 bridgehead atoms. The van der Waals surface area contributed by atoms with Gasteiger partial charge in [-0.05, 0) is 62.4 Å². The Morgan fingerprint density at radius 1 is 1.10 bits per heavy atom. The Hall–Kier alpha value is -2.53. The molecule has 5 heteroatoms. The Kier molecular flexibility index (Phi) is 7.13. The Morgan fingerprint density at radius 3 is 2.55 bits per heavy atom. The van der Waals surface area contributed by atoms with E-state index in [1.165, 1.54) is 31.2 Å². The number of carbonyl (C=O) groups excluding carboxylic acids is 1. The van der Waals surface area contributed by atoms with E-state index in [1.54, 1.807) is 7.11 Å². The van der Waals surface area contributed by atoms with Crippen LogP contribution in [0.15, 0.2) is 48.5 Å². The summed E-state index contributed by atoms with van der Waals surface area (Å²) in [5.41, 5.74) is 3.13. The molecule has 2 unspecified atom stereocenters. The highest BCUT2D eigenvalue weighted by atomic mass is 16.6. The Balaban J connectivity index is 1.30. The standard InChI is InChI=1S/C26H34N2O3/c1-19-13-14-25(30-2)24(16-19)27-26(29)31-23-17-21-11-6-12-22(18-23)28(21)15-7-10-20-8-4-3-5-9-20/h3-5,8-9,13-14,16,21-23H,6-7,10-12,15,17-18H2,1-2H3,(H,27,29). The molecule has 4 rings (SSSR count). The zero-order valence-corrected chi connectivity index (χ0v) is 18.7. The number of hydrogen-bond acceptors (Lipinski definition) is 4. The summed E-state index contributed by atoms with van der Waals surface area (Å²) in [6.45, 7) is 3.12. The maximum atomic E-state index is 12.6. The summed E-state index contributed by atoms with van der Waals surface area (Å²) in [7, 11) is 1.61. The lowest BCUT2D eigenvalue weighted by atomic mass is 9.82. The predicted molar refractivity (Wildman–Crippen MR) is 124 cm³/mol. The number of carbonyl (C=O) groups is 1. The predicted octanol–water partition coefficient (Wildman–Crippen LogP) is 5.57. The van der Waals surface area contributed by atoms with Crippen LogP contribution in [-0.2, 0) is 11.2 Å². The van der Waals surface area contributed by atoms with Crippen LogP contribution in [0, 0.1) is 6.92 Å². The molecule has 0 saturated carbocycles. The van der Waals surface area contributed by atoms with Crippen molar-refractivity contribution in [3.05, 3.63) is 59.7 Å². The van der Waals surface area contributed by atoms with E-state index >= 15 is 0 Å². The van der Waals surface area contributed by atoms with Crippen LogP contribution in [0.1, 0.15) is 49.7 Å². The number of aryl methyl sites for hydroxylation is 2. The van der Waals surface area contributed by atoms with Gasteiger partial charge in [-0.25, -0.2) is 4.79 Å². The first-order valence-electron chi connectivity index (χ1n) is 11.5. The zero-order chi connectivity index (χ0) is 21.6. The molecule has 31 heavy (non-hydrogen) atoms. The van der Waals surface area contributed by atoms with Gasteiger partial charge in [-0.2, -0.15) is 0 Å². The van der Waals surface area contributed by atoms with Crippen LogP contribution < -0.4 is 10.1 Å². The van der Waals surface area contributed by atoms with Crippen molar-refractivity contribution in [2.75, 3.05) is 19.0 Å². The van der Waals surface area contributed by atoms with Crippen molar-refractivity contribution >= 4 is 11.8 Å². The number of hydrogen-bond donors (Lipinski definition) is 1. The number of nitrogens with one attached hydrogen (secondary N) is 1. The van der Waals surface area contributed by atoms with Crippen LogP contribution in [0.5, 0.6) is 5.75 Å². The molecule has 0 aromatic heterocycles. The van der Waals surface area contributed by atoms with Gasteiger partial charge in [-0.15, -0.1) is 0 Å². The molecule has 2 aromatic carbocycles. The SMILES string of the molecule is COc1ccc(C)cc1NC(=O)OC1CC2CCCC(C1)N2CCCc1ccccc1. The van der Waals surface area contributed by atoms with Gasteiger partial charge in [0.1, 0.15) is 11.9 Å². The smallest absolute Gasteiger partial charge is 0.412 e. The van der Waals surface area contributed by atoms with Gasteiger partial charge in [-0.1, -0.05) is 42.8 Å². The van der Waals surface area contributed by atoms with E-state index in [1.807, 2.05) is 25.1 Å². The maximum absolute atomic E-state index is 12.6. The first-order chi connectivity index (χ1) is 15.1. The molecule has 1 N–H and O–H groups in total. The number of rotatable bonds is 7. The number of fused-ring (bicyclic) bond motifs is 2. The normalized spacial score (nSPS) is 23.2. The van der Waals surface area contributed by atoms with Crippen molar-refractivity contribution < 1.29 is 14.3 Å². The fourth-order valence-electron chi connectivity index (χ4n) is 5.21. The minimum absolute atomic E-state index is 0.0172. The molecule has 5 nitrogen and oxygen atoms in total. The van der Waals surface area contributed by atoms with Gasteiger partial charge in [-0.3, -0.25) is 10.2 Å². The minimum atomic E-state index is -0.385. The molecular formula is C26H34N2O3. The summed E-state index contributed by atoms with van der Waals surface area (Å²) in [6, 6.07) is 17.5. The number of ether oxygens (including phenoxy) is 2. The van der Waals surface area contributed by atoms with Gasteiger partial charge in [0.25, 0.3) is 0 Å². The molecule has 0 spiro atoms. The molecular weight excluding hydrogens is 388 g/mol. The second-order valence-corrected chi connectivity index (χ2v) is 8.89. The third kappa shape index (κ3) is 5.59. The topological polar surface area (TPSA) is 50.8 Å². The second-order valence-electron chi connectivity index (χ2n) is 8.89. The highest BCUT2D eigenvalue weighted by Crippen LogP contribution is 2.36. The van der Waals surface area contributed by atoms with Crippen LogP contribution in [0.2, 0.25) is 0 Å². The van der Waals surface area contributed by atoms with E-state index in [-0.39, 0.29) is 12.2 Å². The van der Waals surface area contributed by atoms with Crippen LogP contribution >= 0.6 is 0 Å². The van der Waals surface area contributed by atoms with Crippen LogP contribution in [0.4, 0.5) is 10.5 Å². The van der Waals surface area contributed by atoms with Crippen molar-refractivity contribution in [1.29, 1.82) is 0 Å². The number of benzene rings is 2. The van der Waals surface area contributed by atoms with E-state index in [4.69, 9.17) is 9.47 Å². The summed E-state index contributed by atoms with van der Waals surface area (Å²) < 4.78 is 11.2. The third-order valence-electron chi connectivity index (χ3n) is 6.67. The lowest BCUT2D eigenvalue weighted by molar-refractivity contribution is -0.0305. The zero-order valence-electron chi connectivity index (χ0n) is 18.7. The number of methoxy groups -OCH3 is 1. The van der Waals surface area contributed by atoms with Crippen molar-refractivity contribution in [3.63, 3.8) is 0 Å². The van der Waals surface area contributed by atoms with Crippen molar-refractivity contribution in [1.82, 2.24) is 4.90 Å². The average Bonchev–Trinajstić information content (AvgIpc) is 2.75. The van der Waals surface area contributed by atoms with E-state index in [2.05, 4.69) is 40.5 Å². The molecule has 166 valence electrons. The van der Waals surface area contributed by atoms with Gasteiger partial charge in [0.15, 0.2) is 0 Å². The number of nitrogens with zero attached hydrogens (tertiary/aromatic N) is 1. The highest BCUT2D eigenvalue weighted by molar-refractivity contribution is 5.87. The van der Waals surface area contributed by atoms with Crippen molar-refractivity contribution in [3.8, 4) is 5.75 Å². The fourth-order valence-corrected chi connectivity index (χ4v) is 5.21. The van der Waals surface area contributed by atoms with E-state index in [0.717, 1.165) is 31.4 Å². The van der Waals surface area contributed by atoms with Crippen LogP contribution in [0.3, 0.4) is 0 Å². The highest BCUT2D eigenvalue weighted by Gasteiger charge is 2.39. The summed E-state index contributed by atoms with van der Waals surface area (Å²) >= 11 is 0. The van der Waals surface area contributed by atoms with Gasteiger partial charge in [0, 0.05) is 24.9 Å². The third-order valence-corrected chi connectivity index (χ3v) is 6.67. The quantitative estimate of drug-likeness (QED) is 0.634. The number of piperidine rings is 2. The van der Waals surface area contributed by atoms with Crippen molar-refractivity contribution in [2.24, 2.45) is 0 Å². The minimum Gasteiger partial charge on any atom is -0.495 e. The summed E-state index contributed by atoms with van der Waals surface area (Å²) in [5.74, 6) is 0.646. The Labute approximate surface area is 185 Å². The maximum Gasteiger partial charge on any atom is 0.412 e. The van der Waals surface area contributed by atoms with Crippen molar-refractivity contribution in [2.45, 2.75) is 70.1 Å². The van der Waals surface area contributed by atoms with Gasteiger partial charge in [0.05, 0.1) is 12.8 Å². The Morgan fingerprint density at radius 2 is 1.84 bits per heavy atom. The van der Waals surface area contributed by atoms with Gasteiger partial charge < -0.3 is 9.47 Å². The lowest BCUT2D eigenvalue weighted by Crippen LogP contribution is -2.54. The van der Waals surface area contributed by atoms with E-state index < -0.39 is 0 Å². The summed E-state index contributed by atoms with van der Waals surface area (Å²) in [5, 5.41) is 2.88. The molecule has 1 amide bonds. The first kappa shape index (κ1) is 21.7. The summed E-state index contributed by atoms with van der Waals surface area (Å²) in [6.07, 6.45) is 7.45. The molecule has 2 aliphatic rings. The second kappa shape index (κ2) is 10.2.